The Morgan fingerprint density at radius 3 is 2.67 bits per heavy atom. The monoisotopic (exact) mass is 429 g/mol. The van der Waals surface area contributed by atoms with E-state index in [0.717, 1.165) is 24.3 Å². The Kier molecular flexibility index (Phi) is 6.14. The number of halogens is 1. The van der Waals surface area contributed by atoms with Crippen LogP contribution in [0, 0.1) is 11.8 Å². The van der Waals surface area contributed by atoms with E-state index in [0.29, 0.717) is 29.7 Å². The molecule has 1 aromatic heterocycles. The summed E-state index contributed by atoms with van der Waals surface area (Å²) in [7, 11) is 0. The van der Waals surface area contributed by atoms with E-state index in [1.165, 1.54) is 12.8 Å². The Morgan fingerprint density at radius 1 is 1.27 bits per heavy atom. The van der Waals surface area contributed by atoms with Crippen LogP contribution in [-0.4, -0.2) is 40.5 Å². The summed E-state index contributed by atoms with van der Waals surface area (Å²) < 4.78 is 5.42. The summed E-state index contributed by atoms with van der Waals surface area (Å²) in [6.45, 7) is 4.63. The molecule has 160 valence electrons. The summed E-state index contributed by atoms with van der Waals surface area (Å²) >= 11 is 5.95. The number of carbonyl (C=O) groups excluding carboxylic acids is 2. The van der Waals surface area contributed by atoms with Gasteiger partial charge < -0.3 is 14.7 Å². The van der Waals surface area contributed by atoms with Gasteiger partial charge in [0.15, 0.2) is 11.5 Å². The van der Waals surface area contributed by atoms with Gasteiger partial charge in [0, 0.05) is 29.2 Å². The molecule has 0 bridgehead atoms. The molecule has 4 rings (SSSR count). The number of carbonyl (C=O) groups is 2. The van der Waals surface area contributed by atoms with E-state index in [2.05, 4.69) is 24.3 Å². The van der Waals surface area contributed by atoms with Crippen LogP contribution >= 0.6 is 11.6 Å². The van der Waals surface area contributed by atoms with Gasteiger partial charge >= 0.3 is 0 Å². The number of aromatic nitrogens is 1. The first-order chi connectivity index (χ1) is 14.4. The summed E-state index contributed by atoms with van der Waals surface area (Å²) in [6, 6.07) is 8.32. The molecule has 7 heteroatoms. The third-order valence-corrected chi connectivity index (χ3v) is 6.13. The van der Waals surface area contributed by atoms with Gasteiger partial charge in [-0.3, -0.25) is 9.59 Å². The van der Waals surface area contributed by atoms with Gasteiger partial charge in [-0.25, -0.2) is 0 Å². The number of benzene rings is 1. The van der Waals surface area contributed by atoms with Gasteiger partial charge in [0.1, 0.15) is 6.04 Å². The Hall–Kier alpha value is -2.34. The molecule has 2 heterocycles. The number of hydrogen-bond donors (Lipinski definition) is 1. The molecule has 1 aromatic carbocycles. The van der Waals surface area contributed by atoms with Crippen LogP contribution < -0.4 is 5.32 Å². The SMILES string of the molecule is CC(C)C[C@H]1C(=O)N[C@@H](CCC2CC2)CN1C(=O)c1cc(-c2ccc(Cl)cc2)on1. The lowest BCUT2D eigenvalue weighted by Gasteiger charge is -2.40. The van der Waals surface area contributed by atoms with Crippen molar-refractivity contribution in [3.8, 4) is 11.3 Å². The van der Waals surface area contributed by atoms with Crippen molar-refractivity contribution >= 4 is 23.4 Å². The molecular formula is C23H28ClN3O3. The smallest absolute Gasteiger partial charge is 0.276 e. The largest absolute Gasteiger partial charge is 0.355 e. The number of hydrogen-bond acceptors (Lipinski definition) is 4. The van der Waals surface area contributed by atoms with Gasteiger partial charge in [-0.1, -0.05) is 43.4 Å². The molecule has 1 aliphatic heterocycles. The van der Waals surface area contributed by atoms with Gasteiger partial charge in [0.05, 0.1) is 0 Å². The van der Waals surface area contributed by atoms with Crippen LogP contribution in [-0.2, 0) is 4.79 Å². The average molecular weight is 430 g/mol. The highest BCUT2D eigenvalue weighted by atomic mass is 35.5. The molecule has 2 fully saturated rings. The van der Waals surface area contributed by atoms with Crippen molar-refractivity contribution in [3.63, 3.8) is 0 Å². The highest BCUT2D eigenvalue weighted by Crippen LogP contribution is 2.34. The Morgan fingerprint density at radius 2 is 2.00 bits per heavy atom. The van der Waals surface area contributed by atoms with E-state index in [9.17, 15) is 9.59 Å². The first-order valence-electron chi connectivity index (χ1n) is 10.7. The number of nitrogens with one attached hydrogen (secondary N) is 1. The minimum Gasteiger partial charge on any atom is -0.355 e. The van der Waals surface area contributed by atoms with E-state index in [1.807, 2.05) is 12.1 Å². The lowest BCUT2D eigenvalue weighted by molar-refractivity contribution is -0.130. The molecule has 0 radical (unpaired) electrons. The minimum atomic E-state index is -0.481. The summed E-state index contributed by atoms with van der Waals surface area (Å²) in [4.78, 5) is 27.9. The average Bonchev–Trinajstić information content (AvgIpc) is 3.42. The van der Waals surface area contributed by atoms with Crippen molar-refractivity contribution in [1.82, 2.24) is 15.4 Å². The maximum atomic E-state index is 13.3. The van der Waals surface area contributed by atoms with Gasteiger partial charge in [0.25, 0.3) is 5.91 Å². The highest BCUT2D eigenvalue weighted by molar-refractivity contribution is 6.30. The van der Waals surface area contributed by atoms with Crippen LogP contribution in [0.2, 0.25) is 5.02 Å². The van der Waals surface area contributed by atoms with E-state index in [1.54, 1.807) is 23.1 Å². The zero-order valence-corrected chi connectivity index (χ0v) is 18.2. The fourth-order valence-corrected chi connectivity index (χ4v) is 4.16. The van der Waals surface area contributed by atoms with Gasteiger partial charge in [-0.15, -0.1) is 0 Å². The summed E-state index contributed by atoms with van der Waals surface area (Å²) in [5.74, 6) is 1.27. The maximum Gasteiger partial charge on any atom is 0.276 e. The third-order valence-electron chi connectivity index (χ3n) is 5.88. The van der Waals surface area contributed by atoms with Gasteiger partial charge in [-0.2, -0.15) is 0 Å². The van der Waals surface area contributed by atoms with Crippen LogP contribution in [0.1, 0.15) is 56.4 Å². The number of amides is 2. The Labute approximate surface area is 181 Å². The maximum absolute atomic E-state index is 13.3. The van der Waals surface area contributed by atoms with E-state index in [4.69, 9.17) is 16.1 Å². The molecule has 2 aromatic rings. The third kappa shape index (κ3) is 4.86. The van der Waals surface area contributed by atoms with Crippen LogP contribution in [0.15, 0.2) is 34.9 Å². The van der Waals surface area contributed by atoms with Crippen LogP contribution in [0.3, 0.4) is 0 Å². The molecule has 1 saturated heterocycles. The molecule has 2 amide bonds. The summed E-state index contributed by atoms with van der Waals surface area (Å²) in [5, 5.41) is 7.77. The minimum absolute atomic E-state index is 0.00639. The topological polar surface area (TPSA) is 75.4 Å². The molecule has 1 aliphatic carbocycles. The fraction of sp³-hybridized carbons (Fsp3) is 0.522. The molecule has 30 heavy (non-hydrogen) atoms. The van der Waals surface area contributed by atoms with Crippen molar-refractivity contribution in [1.29, 1.82) is 0 Å². The van der Waals surface area contributed by atoms with Gasteiger partial charge in [-0.05, 0) is 55.4 Å². The fourth-order valence-electron chi connectivity index (χ4n) is 4.03. The second kappa shape index (κ2) is 8.80. The predicted molar refractivity (Wildman–Crippen MR) is 115 cm³/mol. The van der Waals surface area contributed by atoms with Crippen LogP contribution in [0.25, 0.3) is 11.3 Å². The molecular weight excluding hydrogens is 402 g/mol. The second-order valence-corrected chi connectivity index (χ2v) is 9.35. The van der Waals surface area contributed by atoms with Crippen molar-refractivity contribution in [2.75, 3.05) is 6.54 Å². The Balaban J connectivity index is 1.53. The van der Waals surface area contributed by atoms with Crippen molar-refractivity contribution in [2.45, 2.75) is 58.0 Å². The second-order valence-electron chi connectivity index (χ2n) is 8.91. The van der Waals surface area contributed by atoms with E-state index >= 15 is 0 Å². The van der Waals surface area contributed by atoms with E-state index in [-0.39, 0.29) is 23.6 Å². The molecule has 2 aliphatic rings. The first-order valence-corrected chi connectivity index (χ1v) is 11.1. The normalized spacial score (nSPS) is 21.7. The molecule has 1 N–H and O–H groups in total. The number of piperazine rings is 1. The lowest BCUT2D eigenvalue weighted by Crippen LogP contribution is -2.61. The number of rotatable bonds is 7. The van der Waals surface area contributed by atoms with Crippen molar-refractivity contribution < 1.29 is 14.1 Å². The molecule has 0 unspecified atom stereocenters. The summed E-state index contributed by atoms with van der Waals surface area (Å²) in [6.07, 6.45) is 5.20. The molecule has 1 saturated carbocycles. The molecule has 6 nitrogen and oxygen atoms in total. The molecule has 2 atom stereocenters. The Bertz CT molecular complexity index is 905. The number of nitrogens with zero attached hydrogens (tertiary/aromatic N) is 2. The van der Waals surface area contributed by atoms with Gasteiger partial charge in [0.2, 0.25) is 5.91 Å². The van der Waals surface area contributed by atoms with Crippen molar-refractivity contribution in [2.24, 2.45) is 11.8 Å². The van der Waals surface area contributed by atoms with Crippen LogP contribution in [0.5, 0.6) is 0 Å². The lowest BCUT2D eigenvalue weighted by atomic mass is 9.96. The highest BCUT2D eigenvalue weighted by Gasteiger charge is 2.39. The van der Waals surface area contributed by atoms with E-state index < -0.39 is 6.04 Å². The quantitative estimate of drug-likeness (QED) is 0.701. The molecule has 0 spiro atoms. The van der Waals surface area contributed by atoms with Crippen molar-refractivity contribution in [3.05, 3.63) is 41.0 Å². The zero-order valence-electron chi connectivity index (χ0n) is 17.4. The summed E-state index contributed by atoms with van der Waals surface area (Å²) in [5.41, 5.74) is 1.02. The standard InChI is InChI=1S/C23H28ClN3O3/c1-14(2)11-20-22(28)25-18(10-5-15-3-4-15)13-27(20)23(29)19-12-21(30-26-19)16-6-8-17(24)9-7-16/h6-9,12,14-15,18,20H,3-5,10-11,13H2,1-2H3,(H,25,28)/t18-,20-/m0/s1. The predicted octanol–water partition coefficient (Wildman–Crippen LogP) is 4.54. The van der Waals surface area contributed by atoms with Crippen LogP contribution in [0.4, 0.5) is 0 Å². The first kappa shape index (κ1) is 20.9. The zero-order chi connectivity index (χ0) is 21.3.